The fourth-order valence-corrected chi connectivity index (χ4v) is 4.44. The average Bonchev–Trinajstić information content (AvgIpc) is 2.69. The Bertz CT molecular complexity index is 629. The highest BCUT2D eigenvalue weighted by Gasteiger charge is 2.41. The first kappa shape index (κ1) is 19.2. The largest absolute Gasteiger partial charge is 0.342 e. The summed E-state index contributed by atoms with van der Waals surface area (Å²) in [6, 6.07) is 4.03. The molecule has 0 aromatic carbocycles. The summed E-state index contributed by atoms with van der Waals surface area (Å²) in [5.41, 5.74) is 1.42. The smallest absolute Gasteiger partial charge is 0.235 e. The number of hydrogen-bond donors (Lipinski definition) is 0. The number of likely N-dealkylation sites (tertiary alicyclic amines) is 2. The van der Waals surface area contributed by atoms with E-state index in [4.69, 9.17) is 0 Å². The number of carbonyl (C=O) groups is 2. The zero-order valence-electron chi connectivity index (χ0n) is 15.8. The lowest BCUT2D eigenvalue weighted by molar-refractivity contribution is -0.142. The van der Waals surface area contributed by atoms with Gasteiger partial charge >= 0.3 is 0 Å². The van der Waals surface area contributed by atoms with Crippen LogP contribution in [0.1, 0.15) is 38.2 Å². The Hall–Kier alpha value is -1.56. The summed E-state index contributed by atoms with van der Waals surface area (Å²) >= 11 is 1.61. The number of piperidine rings is 2. The van der Waals surface area contributed by atoms with E-state index in [1.807, 2.05) is 35.1 Å². The summed E-state index contributed by atoms with van der Waals surface area (Å²) in [5, 5.41) is 0.0360. The Morgan fingerprint density at radius 2 is 1.96 bits per heavy atom. The monoisotopic (exact) mass is 375 g/mol. The lowest BCUT2D eigenvalue weighted by atomic mass is 9.72. The molecule has 6 heteroatoms. The van der Waals surface area contributed by atoms with Crippen LogP contribution in [0.25, 0.3) is 0 Å². The number of hydrogen-bond acceptors (Lipinski definition) is 4. The highest BCUT2D eigenvalue weighted by atomic mass is 32.2. The topological polar surface area (TPSA) is 53.5 Å². The number of amides is 2. The maximum Gasteiger partial charge on any atom is 0.235 e. The van der Waals surface area contributed by atoms with Gasteiger partial charge in [0.2, 0.25) is 11.8 Å². The van der Waals surface area contributed by atoms with Crippen molar-refractivity contribution >= 4 is 23.6 Å². The summed E-state index contributed by atoms with van der Waals surface area (Å²) in [5.74, 6) is 0.535. The highest BCUT2D eigenvalue weighted by Crippen LogP contribution is 2.40. The van der Waals surface area contributed by atoms with Gasteiger partial charge in [0.15, 0.2) is 0 Å². The van der Waals surface area contributed by atoms with Gasteiger partial charge in [-0.2, -0.15) is 11.8 Å². The summed E-state index contributed by atoms with van der Waals surface area (Å²) in [6.45, 7) is 5.26. The fourth-order valence-electron chi connectivity index (χ4n) is 4.09. The van der Waals surface area contributed by atoms with Gasteiger partial charge in [0, 0.05) is 45.0 Å². The minimum atomic E-state index is 0.0360. The van der Waals surface area contributed by atoms with Crippen LogP contribution >= 0.6 is 11.8 Å². The summed E-state index contributed by atoms with van der Waals surface area (Å²) in [6.07, 6.45) is 10.1. The van der Waals surface area contributed by atoms with Crippen molar-refractivity contribution in [3.05, 3.63) is 30.1 Å². The van der Waals surface area contributed by atoms with Crippen molar-refractivity contribution in [3.8, 4) is 0 Å². The predicted molar refractivity (Wildman–Crippen MR) is 105 cm³/mol. The molecule has 1 atom stereocenters. The zero-order chi connectivity index (χ0) is 18.6. The van der Waals surface area contributed by atoms with Gasteiger partial charge in [-0.05, 0) is 62.0 Å². The molecule has 2 fully saturated rings. The van der Waals surface area contributed by atoms with Crippen LogP contribution in [0.15, 0.2) is 24.5 Å². The van der Waals surface area contributed by atoms with Gasteiger partial charge in [0.05, 0.1) is 5.25 Å². The van der Waals surface area contributed by atoms with Crippen LogP contribution in [0.2, 0.25) is 0 Å². The molecule has 0 aliphatic carbocycles. The predicted octanol–water partition coefficient (Wildman–Crippen LogP) is 2.61. The summed E-state index contributed by atoms with van der Waals surface area (Å²) in [4.78, 5) is 32.9. The normalized spacial score (nSPS) is 21.1. The third-order valence-electron chi connectivity index (χ3n) is 6.01. The van der Waals surface area contributed by atoms with E-state index in [9.17, 15) is 9.59 Å². The molecule has 26 heavy (non-hydrogen) atoms. The quantitative estimate of drug-likeness (QED) is 0.794. The fraction of sp³-hybridized carbons (Fsp3) is 0.650. The molecule has 2 aliphatic heterocycles. The molecule has 3 rings (SSSR count). The molecule has 3 heterocycles. The average molecular weight is 376 g/mol. The molecule has 142 valence electrons. The molecule has 1 unspecified atom stereocenters. The maximum atomic E-state index is 12.4. The van der Waals surface area contributed by atoms with Crippen molar-refractivity contribution in [2.45, 2.75) is 44.3 Å². The van der Waals surface area contributed by atoms with Gasteiger partial charge in [-0.3, -0.25) is 14.6 Å². The molecule has 1 aromatic rings. The molecule has 1 spiro atoms. The maximum absolute atomic E-state index is 12.4. The first-order valence-corrected chi connectivity index (χ1v) is 10.8. The van der Waals surface area contributed by atoms with Crippen LogP contribution in [0.3, 0.4) is 0 Å². The lowest BCUT2D eigenvalue weighted by Crippen LogP contribution is -2.53. The van der Waals surface area contributed by atoms with Crippen LogP contribution in [-0.4, -0.2) is 64.3 Å². The second-order valence-corrected chi connectivity index (χ2v) is 8.80. The van der Waals surface area contributed by atoms with Gasteiger partial charge in [-0.1, -0.05) is 0 Å². The van der Waals surface area contributed by atoms with Gasteiger partial charge in [0.1, 0.15) is 0 Å². The molecular weight excluding hydrogens is 346 g/mol. The minimum absolute atomic E-state index is 0.0360. The standard InChI is InChI=1S/C20H29N3O2S/c1-16(26-2)19(25)22-13-8-20(9-14-22)7-3-18(24)23(15-20)12-6-17-4-10-21-11-5-17/h4-5,10-11,16H,3,6-9,12-15H2,1-2H3. The second-order valence-electron chi connectivity index (χ2n) is 7.62. The lowest BCUT2D eigenvalue weighted by Gasteiger charge is -2.47. The van der Waals surface area contributed by atoms with E-state index < -0.39 is 0 Å². The van der Waals surface area contributed by atoms with Crippen LogP contribution in [-0.2, 0) is 16.0 Å². The number of nitrogens with zero attached hydrogens (tertiary/aromatic N) is 3. The Morgan fingerprint density at radius 1 is 1.27 bits per heavy atom. The molecule has 2 aliphatic rings. The SMILES string of the molecule is CSC(C)C(=O)N1CCC2(CCC(=O)N(CCc3ccncc3)C2)CC1. The molecule has 0 saturated carbocycles. The Labute approximate surface area is 160 Å². The van der Waals surface area contributed by atoms with E-state index in [2.05, 4.69) is 4.98 Å². The molecule has 2 amide bonds. The molecule has 2 saturated heterocycles. The number of rotatable bonds is 5. The van der Waals surface area contributed by atoms with Crippen molar-refractivity contribution in [3.63, 3.8) is 0 Å². The minimum Gasteiger partial charge on any atom is -0.342 e. The van der Waals surface area contributed by atoms with Crippen LogP contribution < -0.4 is 0 Å². The Morgan fingerprint density at radius 3 is 2.62 bits per heavy atom. The van der Waals surface area contributed by atoms with Crippen molar-refractivity contribution < 1.29 is 9.59 Å². The van der Waals surface area contributed by atoms with Gasteiger partial charge in [-0.15, -0.1) is 0 Å². The number of aromatic nitrogens is 1. The van der Waals surface area contributed by atoms with E-state index in [0.29, 0.717) is 6.42 Å². The van der Waals surface area contributed by atoms with Crippen molar-refractivity contribution in [2.24, 2.45) is 5.41 Å². The highest BCUT2D eigenvalue weighted by molar-refractivity contribution is 7.99. The van der Waals surface area contributed by atoms with Crippen LogP contribution in [0.5, 0.6) is 0 Å². The van der Waals surface area contributed by atoms with Crippen molar-refractivity contribution in [1.82, 2.24) is 14.8 Å². The van der Waals surface area contributed by atoms with Crippen LogP contribution in [0.4, 0.5) is 0 Å². The van der Waals surface area contributed by atoms with Crippen molar-refractivity contribution in [2.75, 3.05) is 32.4 Å². The first-order valence-electron chi connectivity index (χ1n) is 9.51. The molecule has 0 N–H and O–H groups in total. The van der Waals surface area contributed by atoms with E-state index in [1.165, 1.54) is 5.56 Å². The molecule has 5 nitrogen and oxygen atoms in total. The third-order valence-corrected chi connectivity index (χ3v) is 6.91. The van der Waals surface area contributed by atoms with E-state index >= 15 is 0 Å². The Kier molecular flexibility index (Phi) is 6.22. The summed E-state index contributed by atoms with van der Waals surface area (Å²) in [7, 11) is 0. The zero-order valence-corrected chi connectivity index (χ0v) is 16.6. The molecular formula is C20H29N3O2S. The van der Waals surface area contributed by atoms with Gasteiger partial charge in [-0.25, -0.2) is 0 Å². The van der Waals surface area contributed by atoms with Crippen LogP contribution in [0, 0.1) is 5.41 Å². The summed E-state index contributed by atoms with van der Waals surface area (Å²) < 4.78 is 0. The number of carbonyl (C=O) groups excluding carboxylic acids is 2. The molecule has 0 radical (unpaired) electrons. The van der Waals surface area contributed by atoms with Crippen molar-refractivity contribution in [1.29, 1.82) is 0 Å². The van der Waals surface area contributed by atoms with E-state index in [-0.39, 0.29) is 22.5 Å². The number of thioether (sulfide) groups is 1. The van der Waals surface area contributed by atoms with E-state index in [0.717, 1.165) is 51.9 Å². The van der Waals surface area contributed by atoms with Gasteiger partial charge in [0.25, 0.3) is 0 Å². The molecule has 1 aromatic heterocycles. The third kappa shape index (κ3) is 4.40. The van der Waals surface area contributed by atoms with E-state index in [1.54, 1.807) is 24.2 Å². The second kappa shape index (κ2) is 8.42. The van der Waals surface area contributed by atoms with Gasteiger partial charge < -0.3 is 9.80 Å². The first-order chi connectivity index (χ1) is 12.5. The molecule has 0 bridgehead atoms. The number of pyridine rings is 1. The Balaban J connectivity index is 1.56.